The summed E-state index contributed by atoms with van der Waals surface area (Å²) in [6.07, 6.45) is 1.65. The Morgan fingerprint density at radius 2 is 1.83 bits per heavy atom. The minimum Gasteiger partial charge on any atom is -0.480 e. The average Bonchev–Trinajstić information content (AvgIpc) is 2.03. The van der Waals surface area contributed by atoms with Gasteiger partial charge in [0.25, 0.3) is 0 Å². The molecule has 0 aliphatic rings. The highest BCUT2D eigenvalue weighted by Gasteiger charge is 2.15. The van der Waals surface area contributed by atoms with Gasteiger partial charge in [0.15, 0.2) is 0 Å². The van der Waals surface area contributed by atoms with Gasteiger partial charge in [-0.15, -0.1) is 0 Å². The maximum atomic E-state index is 10.3. The van der Waals surface area contributed by atoms with Gasteiger partial charge in [0, 0.05) is 0 Å². The van der Waals surface area contributed by atoms with Crippen LogP contribution in [0.1, 0.15) is 6.92 Å². The molecule has 0 radical (unpaired) electrons. The standard InChI is InChI=1S/C7H7NO4/c1-6(7(11)12)8(2-4-9)3-5-10/h2-3,6H,1H3,(H,11,12)/t6-/m0/s1. The fourth-order valence-electron chi connectivity index (χ4n) is 0.510. The van der Waals surface area contributed by atoms with Crippen LogP contribution in [0, 0.1) is 0 Å². The molecule has 0 bridgehead atoms. The Kier molecular flexibility index (Phi) is 4.16. The number of carboxylic acids is 1. The number of nitrogens with zero attached hydrogens (tertiary/aromatic N) is 1. The van der Waals surface area contributed by atoms with Crippen molar-refractivity contribution in [1.82, 2.24) is 4.90 Å². The van der Waals surface area contributed by atoms with E-state index in [4.69, 9.17) is 5.11 Å². The SMILES string of the molecule is C[C@@H](C(=O)O)N(C=C=O)C=C=O. The first kappa shape index (κ1) is 10.2. The third-order valence-electron chi connectivity index (χ3n) is 1.21. The third-order valence-corrected chi connectivity index (χ3v) is 1.21. The fourth-order valence-corrected chi connectivity index (χ4v) is 0.510. The lowest BCUT2D eigenvalue weighted by atomic mass is 10.3. The lowest BCUT2D eigenvalue weighted by Crippen LogP contribution is -2.31. The van der Waals surface area contributed by atoms with E-state index < -0.39 is 12.0 Å². The molecule has 0 heterocycles. The van der Waals surface area contributed by atoms with Crippen LogP contribution in [0.3, 0.4) is 0 Å². The number of hydrogen-bond acceptors (Lipinski definition) is 4. The summed E-state index contributed by atoms with van der Waals surface area (Å²) in [7, 11) is 0. The Hall–Kier alpha value is -1.83. The molecule has 0 unspecified atom stereocenters. The highest BCUT2D eigenvalue weighted by atomic mass is 16.4. The van der Waals surface area contributed by atoms with Crippen LogP contribution in [-0.4, -0.2) is 33.9 Å². The summed E-state index contributed by atoms with van der Waals surface area (Å²) < 4.78 is 0. The molecule has 0 aromatic heterocycles. The van der Waals surface area contributed by atoms with Crippen molar-refractivity contribution in [3.8, 4) is 0 Å². The second kappa shape index (κ2) is 4.91. The topological polar surface area (TPSA) is 74.7 Å². The van der Waals surface area contributed by atoms with E-state index in [1.54, 1.807) is 0 Å². The van der Waals surface area contributed by atoms with Crippen LogP contribution in [0.4, 0.5) is 0 Å². The molecule has 0 fully saturated rings. The number of aliphatic carboxylic acids is 1. The molecule has 1 atom stereocenters. The Bertz CT molecular complexity index is 243. The lowest BCUT2D eigenvalue weighted by molar-refractivity contribution is -0.140. The summed E-state index contributed by atoms with van der Waals surface area (Å²) in [4.78, 5) is 31.0. The Balaban J connectivity index is 4.60. The molecular weight excluding hydrogens is 162 g/mol. The monoisotopic (exact) mass is 169 g/mol. The van der Waals surface area contributed by atoms with Crippen molar-refractivity contribution < 1.29 is 19.5 Å². The Morgan fingerprint density at radius 1 is 1.42 bits per heavy atom. The number of carboxylic acid groups (broad SMARTS) is 1. The highest BCUT2D eigenvalue weighted by molar-refractivity contribution is 5.74. The third kappa shape index (κ3) is 2.84. The van der Waals surface area contributed by atoms with E-state index in [-0.39, 0.29) is 0 Å². The van der Waals surface area contributed by atoms with Crippen LogP contribution in [0.25, 0.3) is 0 Å². The molecule has 0 aromatic rings. The van der Waals surface area contributed by atoms with E-state index in [1.807, 2.05) is 0 Å². The molecule has 0 amide bonds. The van der Waals surface area contributed by atoms with Crippen molar-refractivity contribution in [3.05, 3.63) is 12.4 Å². The van der Waals surface area contributed by atoms with Crippen LogP contribution >= 0.6 is 0 Å². The van der Waals surface area contributed by atoms with E-state index in [9.17, 15) is 14.4 Å². The average molecular weight is 169 g/mol. The first-order valence-electron chi connectivity index (χ1n) is 3.05. The molecule has 5 nitrogen and oxygen atoms in total. The van der Waals surface area contributed by atoms with Crippen LogP contribution < -0.4 is 0 Å². The van der Waals surface area contributed by atoms with E-state index in [0.29, 0.717) is 0 Å². The molecule has 0 saturated carbocycles. The summed E-state index contributed by atoms with van der Waals surface area (Å²) in [6.45, 7) is 1.32. The maximum Gasteiger partial charge on any atom is 0.326 e. The molecule has 0 aromatic carbocycles. The van der Waals surface area contributed by atoms with E-state index >= 15 is 0 Å². The van der Waals surface area contributed by atoms with Crippen molar-refractivity contribution in [3.63, 3.8) is 0 Å². The molecule has 1 N–H and O–H groups in total. The van der Waals surface area contributed by atoms with Gasteiger partial charge in [-0.05, 0) is 6.92 Å². The van der Waals surface area contributed by atoms with Gasteiger partial charge in [0.1, 0.15) is 17.9 Å². The van der Waals surface area contributed by atoms with Gasteiger partial charge in [-0.2, -0.15) is 0 Å². The number of hydrogen-bond donors (Lipinski definition) is 1. The predicted molar refractivity (Wildman–Crippen MR) is 39.5 cm³/mol. The first-order chi connectivity index (χ1) is 5.63. The molecule has 0 aliphatic heterocycles. The molecule has 0 saturated heterocycles. The van der Waals surface area contributed by atoms with Crippen molar-refractivity contribution in [2.45, 2.75) is 13.0 Å². The Morgan fingerprint density at radius 3 is 2.08 bits per heavy atom. The minimum absolute atomic E-state index is 0.823. The fraction of sp³-hybridized carbons (Fsp3) is 0.286. The van der Waals surface area contributed by atoms with Crippen molar-refractivity contribution in [2.24, 2.45) is 0 Å². The van der Waals surface area contributed by atoms with Gasteiger partial charge >= 0.3 is 5.97 Å². The number of carbonyl (C=O) groups is 1. The normalized spacial score (nSPS) is 10.4. The van der Waals surface area contributed by atoms with E-state index in [1.165, 1.54) is 18.8 Å². The number of rotatable bonds is 4. The van der Waals surface area contributed by atoms with E-state index in [2.05, 4.69) is 0 Å². The summed E-state index contributed by atoms with van der Waals surface area (Å²) in [5.74, 6) is 1.59. The van der Waals surface area contributed by atoms with Crippen LogP contribution in [0.5, 0.6) is 0 Å². The molecule has 0 aliphatic carbocycles. The van der Waals surface area contributed by atoms with E-state index in [0.717, 1.165) is 17.3 Å². The summed E-state index contributed by atoms with van der Waals surface area (Å²) in [6, 6.07) is -0.979. The van der Waals surface area contributed by atoms with Gasteiger partial charge < -0.3 is 10.0 Å². The maximum absolute atomic E-state index is 10.3. The van der Waals surface area contributed by atoms with Gasteiger partial charge in [0.05, 0.1) is 12.4 Å². The first-order valence-corrected chi connectivity index (χ1v) is 3.05. The zero-order chi connectivity index (χ0) is 9.56. The summed E-state index contributed by atoms with van der Waals surface area (Å²) in [5, 5.41) is 8.46. The highest BCUT2D eigenvalue weighted by Crippen LogP contribution is 1.97. The summed E-state index contributed by atoms with van der Waals surface area (Å²) in [5.41, 5.74) is 0. The lowest BCUT2D eigenvalue weighted by Gasteiger charge is -2.15. The molecule has 12 heavy (non-hydrogen) atoms. The predicted octanol–water partition coefficient (Wildman–Crippen LogP) is -0.548. The van der Waals surface area contributed by atoms with Crippen LogP contribution in [0.2, 0.25) is 0 Å². The number of carbonyl (C=O) groups excluding carboxylic acids is 2. The molecule has 5 heteroatoms. The zero-order valence-electron chi connectivity index (χ0n) is 6.35. The smallest absolute Gasteiger partial charge is 0.326 e. The van der Waals surface area contributed by atoms with Crippen LogP contribution in [0.15, 0.2) is 12.4 Å². The van der Waals surface area contributed by atoms with Gasteiger partial charge in [-0.1, -0.05) is 0 Å². The van der Waals surface area contributed by atoms with Gasteiger partial charge in [-0.3, -0.25) is 0 Å². The van der Waals surface area contributed by atoms with Crippen molar-refractivity contribution >= 4 is 17.9 Å². The largest absolute Gasteiger partial charge is 0.480 e. The molecule has 0 rings (SSSR count). The zero-order valence-corrected chi connectivity index (χ0v) is 6.35. The summed E-state index contributed by atoms with van der Waals surface area (Å²) >= 11 is 0. The molecule has 64 valence electrons. The minimum atomic E-state index is -1.15. The Labute approximate surface area is 68.6 Å². The molecular formula is C7H7NO4. The quantitative estimate of drug-likeness (QED) is 0.571. The van der Waals surface area contributed by atoms with Gasteiger partial charge in [-0.25, -0.2) is 14.4 Å². The second-order valence-electron chi connectivity index (χ2n) is 1.96. The van der Waals surface area contributed by atoms with Crippen LogP contribution in [-0.2, 0) is 14.4 Å². The molecule has 0 spiro atoms. The second-order valence-corrected chi connectivity index (χ2v) is 1.96. The van der Waals surface area contributed by atoms with Crippen molar-refractivity contribution in [1.29, 1.82) is 0 Å². The van der Waals surface area contributed by atoms with Gasteiger partial charge in [0.2, 0.25) is 0 Å². The van der Waals surface area contributed by atoms with Crippen molar-refractivity contribution in [2.75, 3.05) is 0 Å².